The largest absolute Gasteiger partial charge is 0.342 e. The van der Waals surface area contributed by atoms with Crippen LogP contribution in [0.3, 0.4) is 0 Å². The lowest BCUT2D eigenvalue weighted by Crippen LogP contribution is -2.50. The van der Waals surface area contributed by atoms with E-state index < -0.39 is 0 Å². The normalized spacial score (nSPS) is 26.3. The number of aryl methyl sites for hydroxylation is 1. The lowest BCUT2D eigenvalue weighted by molar-refractivity contribution is -0.145. The molecule has 2 aliphatic heterocycles. The first-order valence-electron chi connectivity index (χ1n) is 8.62. The van der Waals surface area contributed by atoms with Gasteiger partial charge in [-0.1, -0.05) is 6.92 Å². The summed E-state index contributed by atoms with van der Waals surface area (Å²) in [6, 6.07) is 0. The van der Waals surface area contributed by atoms with Crippen LogP contribution >= 0.6 is 0 Å². The predicted octanol–water partition coefficient (Wildman–Crippen LogP) is 1.69. The Hall–Kier alpha value is -1.36. The molecule has 3 rings (SSSR count). The minimum Gasteiger partial charge on any atom is -0.342 e. The number of rotatable bonds is 5. The van der Waals surface area contributed by atoms with Crippen LogP contribution in [-0.2, 0) is 18.3 Å². The highest BCUT2D eigenvalue weighted by molar-refractivity contribution is 5.84. The van der Waals surface area contributed by atoms with Gasteiger partial charge < -0.3 is 9.80 Å². The number of likely N-dealkylation sites (tertiary alicyclic amines) is 2. The van der Waals surface area contributed by atoms with Crippen LogP contribution in [0.2, 0.25) is 0 Å². The highest BCUT2D eigenvalue weighted by Crippen LogP contribution is 2.40. The summed E-state index contributed by atoms with van der Waals surface area (Å²) < 4.78 is 1.86. The number of hydrogen-bond donors (Lipinski definition) is 0. The quantitative estimate of drug-likeness (QED) is 0.831. The molecule has 1 amide bonds. The molecule has 5 nitrogen and oxygen atoms in total. The average molecular weight is 304 g/mol. The van der Waals surface area contributed by atoms with Gasteiger partial charge in [-0.25, -0.2) is 0 Å². The first-order valence-corrected chi connectivity index (χ1v) is 8.62. The van der Waals surface area contributed by atoms with E-state index in [1.54, 1.807) is 0 Å². The van der Waals surface area contributed by atoms with E-state index in [2.05, 4.69) is 28.0 Å². The Kier molecular flexibility index (Phi) is 4.52. The summed E-state index contributed by atoms with van der Waals surface area (Å²) >= 11 is 0. The van der Waals surface area contributed by atoms with Crippen LogP contribution in [0.1, 0.15) is 38.2 Å². The molecule has 0 aromatic carbocycles. The highest BCUT2D eigenvalue weighted by Gasteiger charge is 2.47. The molecular formula is C17H28N4O. The molecule has 22 heavy (non-hydrogen) atoms. The van der Waals surface area contributed by atoms with Crippen LogP contribution in [0, 0.1) is 5.41 Å². The molecule has 5 heteroatoms. The predicted molar refractivity (Wildman–Crippen MR) is 86.5 cm³/mol. The Bertz CT molecular complexity index is 524. The lowest BCUT2D eigenvalue weighted by Gasteiger charge is -2.39. The Morgan fingerprint density at radius 2 is 2.14 bits per heavy atom. The van der Waals surface area contributed by atoms with Crippen molar-refractivity contribution in [2.75, 3.05) is 32.7 Å². The van der Waals surface area contributed by atoms with Crippen molar-refractivity contribution in [2.24, 2.45) is 12.5 Å². The van der Waals surface area contributed by atoms with Gasteiger partial charge in [-0.05, 0) is 44.2 Å². The summed E-state index contributed by atoms with van der Waals surface area (Å²) in [4.78, 5) is 17.4. The SMILES string of the molecule is CCCN1CCC[C@]2(CCN(CCc3cnn(C)c3)C2)C1=O. The molecular weight excluding hydrogens is 276 g/mol. The van der Waals surface area contributed by atoms with Gasteiger partial charge in [0, 0.05) is 39.4 Å². The fourth-order valence-electron chi connectivity index (χ4n) is 4.05. The maximum absolute atomic E-state index is 12.8. The molecule has 1 aromatic rings. The van der Waals surface area contributed by atoms with Crippen molar-refractivity contribution in [1.29, 1.82) is 0 Å². The third-order valence-electron chi connectivity index (χ3n) is 5.23. The fourth-order valence-corrected chi connectivity index (χ4v) is 4.05. The summed E-state index contributed by atoms with van der Waals surface area (Å²) in [5.74, 6) is 0.421. The van der Waals surface area contributed by atoms with E-state index >= 15 is 0 Å². The van der Waals surface area contributed by atoms with E-state index in [-0.39, 0.29) is 5.41 Å². The molecule has 1 atom stereocenters. The minimum absolute atomic E-state index is 0.0810. The minimum atomic E-state index is -0.0810. The number of piperidine rings is 1. The first-order chi connectivity index (χ1) is 10.6. The topological polar surface area (TPSA) is 41.4 Å². The van der Waals surface area contributed by atoms with Crippen LogP contribution in [0.4, 0.5) is 0 Å². The van der Waals surface area contributed by atoms with Gasteiger partial charge in [-0.3, -0.25) is 9.48 Å². The van der Waals surface area contributed by atoms with Crippen molar-refractivity contribution in [3.05, 3.63) is 18.0 Å². The molecule has 0 bridgehead atoms. The van der Waals surface area contributed by atoms with E-state index in [1.165, 1.54) is 12.0 Å². The van der Waals surface area contributed by atoms with Gasteiger partial charge in [0.1, 0.15) is 0 Å². The van der Waals surface area contributed by atoms with Gasteiger partial charge in [0.05, 0.1) is 11.6 Å². The third-order valence-corrected chi connectivity index (χ3v) is 5.23. The zero-order valence-corrected chi connectivity index (χ0v) is 13.9. The van der Waals surface area contributed by atoms with Gasteiger partial charge in [-0.2, -0.15) is 5.10 Å². The van der Waals surface area contributed by atoms with Crippen LogP contribution in [0.25, 0.3) is 0 Å². The van der Waals surface area contributed by atoms with Gasteiger partial charge in [-0.15, -0.1) is 0 Å². The molecule has 0 aliphatic carbocycles. The fraction of sp³-hybridized carbons (Fsp3) is 0.765. The summed E-state index contributed by atoms with van der Waals surface area (Å²) in [6.45, 7) is 7.09. The molecule has 3 heterocycles. The number of hydrogen-bond acceptors (Lipinski definition) is 3. The molecule has 1 spiro atoms. The summed E-state index contributed by atoms with van der Waals surface area (Å²) in [7, 11) is 1.96. The summed E-state index contributed by atoms with van der Waals surface area (Å²) in [6.07, 6.45) is 9.40. The molecule has 122 valence electrons. The summed E-state index contributed by atoms with van der Waals surface area (Å²) in [5.41, 5.74) is 1.20. The van der Waals surface area contributed by atoms with E-state index in [4.69, 9.17) is 0 Å². The molecule has 0 N–H and O–H groups in total. The van der Waals surface area contributed by atoms with Crippen molar-refractivity contribution in [3.63, 3.8) is 0 Å². The Labute approximate surface area is 133 Å². The number of amides is 1. The van der Waals surface area contributed by atoms with Gasteiger partial charge >= 0.3 is 0 Å². The zero-order valence-electron chi connectivity index (χ0n) is 13.9. The van der Waals surface area contributed by atoms with Crippen molar-refractivity contribution in [3.8, 4) is 0 Å². The molecule has 2 aliphatic rings. The van der Waals surface area contributed by atoms with Crippen LogP contribution in [0.5, 0.6) is 0 Å². The van der Waals surface area contributed by atoms with Crippen molar-refractivity contribution in [1.82, 2.24) is 19.6 Å². The molecule has 2 fully saturated rings. The zero-order chi connectivity index (χ0) is 15.6. The molecule has 0 radical (unpaired) electrons. The highest BCUT2D eigenvalue weighted by atomic mass is 16.2. The first kappa shape index (κ1) is 15.5. The number of carbonyl (C=O) groups excluding carboxylic acids is 1. The van der Waals surface area contributed by atoms with Gasteiger partial charge in [0.2, 0.25) is 5.91 Å². The van der Waals surface area contributed by atoms with E-state index in [9.17, 15) is 4.79 Å². The Morgan fingerprint density at radius 3 is 2.86 bits per heavy atom. The van der Waals surface area contributed by atoms with Gasteiger partial charge in [0.25, 0.3) is 0 Å². The number of carbonyl (C=O) groups is 1. The molecule has 0 saturated carbocycles. The van der Waals surface area contributed by atoms with Crippen LogP contribution in [-0.4, -0.2) is 58.2 Å². The lowest BCUT2D eigenvalue weighted by atomic mass is 9.78. The molecule has 2 saturated heterocycles. The Balaban J connectivity index is 1.57. The average Bonchev–Trinajstić information content (AvgIpc) is 3.10. The second-order valence-electron chi connectivity index (χ2n) is 6.97. The number of aromatic nitrogens is 2. The van der Waals surface area contributed by atoms with Crippen molar-refractivity contribution in [2.45, 2.75) is 39.0 Å². The van der Waals surface area contributed by atoms with E-state index in [1.807, 2.05) is 17.9 Å². The van der Waals surface area contributed by atoms with Crippen LogP contribution in [0.15, 0.2) is 12.4 Å². The Morgan fingerprint density at radius 1 is 1.27 bits per heavy atom. The maximum Gasteiger partial charge on any atom is 0.230 e. The van der Waals surface area contributed by atoms with Crippen LogP contribution < -0.4 is 0 Å². The van der Waals surface area contributed by atoms with Gasteiger partial charge in [0.15, 0.2) is 0 Å². The maximum atomic E-state index is 12.8. The molecule has 1 aromatic heterocycles. The van der Waals surface area contributed by atoms with E-state index in [0.29, 0.717) is 5.91 Å². The summed E-state index contributed by atoms with van der Waals surface area (Å²) in [5, 5.41) is 4.23. The molecule has 0 unspecified atom stereocenters. The van der Waals surface area contributed by atoms with E-state index in [0.717, 1.165) is 58.4 Å². The van der Waals surface area contributed by atoms with Crippen molar-refractivity contribution >= 4 is 5.91 Å². The van der Waals surface area contributed by atoms with Crippen molar-refractivity contribution < 1.29 is 4.79 Å². The second kappa shape index (κ2) is 6.41. The standard InChI is InChI=1S/C17H28N4O/c1-3-8-21-9-4-6-17(16(21)22)7-11-20(14-17)10-5-15-12-18-19(2)13-15/h12-13H,3-11,14H2,1-2H3/t17-/m1/s1. The smallest absolute Gasteiger partial charge is 0.230 e. The number of nitrogens with zero attached hydrogens (tertiary/aromatic N) is 4. The third kappa shape index (κ3) is 3.05. The monoisotopic (exact) mass is 304 g/mol. The second-order valence-corrected chi connectivity index (χ2v) is 6.97.